The van der Waals surface area contributed by atoms with Crippen LogP contribution in [0.25, 0.3) is 0 Å². The van der Waals surface area contributed by atoms with Gasteiger partial charge in [-0.3, -0.25) is 4.79 Å². The van der Waals surface area contributed by atoms with Gasteiger partial charge < -0.3 is 20.1 Å². The molecule has 0 bridgehead atoms. The van der Waals surface area contributed by atoms with Gasteiger partial charge in [0.1, 0.15) is 12.4 Å². The van der Waals surface area contributed by atoms with Crippen molar-refractivity contribution in [1.29, 1.82) is 0 Å². The molecule has 5 nitrogen and oxygen atoms in total. The molecule has 1 aromatic rings. The van der Waals surface area contributed by atoms with Crippen molar-refractivity contribution >= 4 is 5.91 Å². The average molecular weight is 278 g/mol. The van der Waals surface area contributed by atoms with E-state index in [1.54, 1.807) is 7.11 Å². The SMILES string of the molecule is COCCOc1cc(C)ccc1CNC(=O)C1CNC1. The zero-order valence-electron chi connectivity index (χ0n) is 12.1. The van der Waals surface area contributed by atoms with Crippen LogP contribution in [-0.2, 0) is 16.1 Å². The second kappa shape index (κ2) is 7.26. The number of benzene rings is 1. The van der Waals surface area contributed by atoms with Gasteiger partial charge in [0.15, 0.2) is 0 Å². The zero-order valence-corrected chi connectivity index (χ0v) is 12.1. The zero-order chi connectivity index (χ0) is 14.4. The number of amides is 1. The molecule has 1 aliphatic heterocycles. The van der Waals surface area contributed by atoms with E-state index in [2.05, 4.69) is 10.6 Å². The van der Waals surface area contributed by atoms with Crippen molar-refractivity contribution in [1.82, 2.24) is 10.6 Å². The number of rotatable bonds is 7. The largest absolute Gasteiger partial charge is 0.491 e. The molecule has 1 fully saturated rings. The number of methoxy groups -OCH3 is 1. The average Bonchev–Trinajstić information content (AvgIpc) is 2.36. The minimum atomic E-state index is 0.104. The Hall–Kier alpha value is -1.59. The normalized spacial score (nSPS) is 14.7. The van der Waals surface area contributed by atoms with Crippen molar-refractivity contribution in [3.63, 3.8) is 0 Å². The number of aryl methyl sites for hydroxylation is 1. The Kier molecular flexibility index (Phi) is 5.38. The van der Waals surface area contributed by atoms with Gasteiger partial charge in [-0.25, -0.2) is 0 Å². The van der Waals surface area contributed by atoms with Gasteiger partial charge >= 0.3 is 0 Å². The van der Waals surface area contributed by atoms with Gasteiger partial charge in [-0.15, -0.1) is 0 Å². The maximum absolute atomic E-state index is 11.8. The van der Waals surface area contributed by atoms with Crippen LogP contribution in [0.3, 0.4) is 0 Å². The summed E-state index contributed by atoms with van der Waals surface area (Å²) < 4.78 is 10.7. The Morgan fingerprint density at radius 2 is 2.20 bits per heavy atom. The van der Waals surface area contributed by atoms with E-state index in [0.717, 1.165) is 30.0 Å². The van der Waals surface area contributed by atoms with Crippen molar-refractivity contribution in [2.24, 2.45) is 5.92 Å². The lowest BCUT2D eigenvalue weighted by Crippen LogP contribution is -2.50. The third-order valence-corrected chi connectivity index (χ3v) is 3.37. The second-order valence-electron chi connectivity index (χ2n) is 5.03. The maximum atomic E-state index is 11.8. The van der Waals surface area contributed by atoms with Gasteiger partial charge in [0, 0.05) is 32.3 Å². The van der Waals surface area contributed by atoms with Crippen LogP contribution in [0.5, 0.6) is 5.75 Å². The third kappa shape index (κ3) is 3.95. The van der Waals surface area contributed by atoms with E-state index in [9.17, 15) is 4.79 Å². The quantitative estimate of drug-likeness (QED) is 0.726. The molecule has 1 saturated heterocycles. The fourth-order valence-corrected chi connectivity index (χ4v) is 1.98. The van der Waals surface area contributed by atoms with Gasteiger partial charge in [-0.05, 0) is 18.6 Å². The number of hydrogen-bond donors (Lipinski definition) is 2. The lowest BCUT2D eigenvalue weighted by molar-refractivity contribution is -0.126. The molecule has 0 atom stereocenters. The number of carbonyl (C=O) groups is 1. The molecule has 1 aromatic carbocycles. The molecule has 0 unspecified atom stereocenters. The summed E-state index contributed by atoms with van der Waals surface area (Å²) in [6.45, 7) is 5.12. The van der Waals surface area contributed by atoms with Gasteiger partial charge in [-0.1, -0.05) is 12.1 Å². The van der Waals surface area contributed by atoms with E-state index in [0.29, 0.717) is 19.8 Å². The standard InChI is InChI=1S/C15H22N2O3/c1-11-3-4-12(14(7-11)20-6-5-19-2)10-17-15(18)13-8-16-9-13/h3-4,7,13,16H,5-6,8-10H2,1-2H3,(H,17,18). The molecule has 0 radical (unpaired) electrons. The van der Waals surface area contributed by atoms with Crippen molar-refractivity contribution in [3.8, 4) is 5.75 Å². The molecule has 20 heavy (non-hydrogen) atoms. The molecule has 110 valence electrons. The molecular formula is C15H22N2O3. The minimum Gasteiger partial charge on any atom is -0.491 e. The highest BCUT2D eigenvalue weighted by Crippen LogP contribution is 2.20. The summed E-state index contributed by atoms with van der Waals surface area (Å²) in [4.78, 5) is 11.8. The van der Waals surface area contributed by atoms with Crippen LogP contribution < -0.4 is 15.4 Å². The smallest absolute Gasteiger partial charge is 0.225 e. The summed E-state index contributed by atoms with van der Waals surface area (Å²) in [6.07, 6.45) is 0. The van der Waals surface area contributed by atoms with E-state index in [4.69, 9.17) is 9.47 Å². The molecule has 0 spiro atoms. The third-order valence-electron chi connectivity index (χ3n) is 3.37. The summed E-state index contributed by atoms with van der Waals surface area (Å²) >= 11 is 0. The first-order valence-electron chi connectivity index (χ1n) is 6.90. The topological polar surface area (TPSA) is 59.6 Å². The number of ether oxygens (including phenoxy) is 2. The van der Waals surface area contributed by atoms with Gasteiger partial charge in [0.25, 0.3) is 0 Å². The van der Waals surface area contributed by atoms with E-state index in [1.807, 2.05) is 25.1 Å². The van der Waals surface area contributed by atoms with E-state index >= 15 is 0 Å². The van der Waals surface area contributed by atoms with E-state index in [1.165, 1.54) is 0 Å². The van der Waals surface area contributed by atoms with Crippen LogP contribution in [0, 0.1) is 12.8 Å². The monoisotopic (exact) mass is 278 g/mol. The van der Waals surface area contributed by atoms with Crippen LogP contribution in [-0.4, -0.2) is 39.3 Å². The Bertz CT molecular complexity index is 458. The van der Waals surface area contributed by atoms with Gasteiger partial charge in [-0.2, -0.15) is 0 Å². The fourth-order valence-electron chi connectivity index (χ4n) is 1.98. The lowest BCUT2D eigenvalue weighted by Gasteiger charge is -2.26. The van der Waals surface area contributed by atoms with Gasteiger partial charge in [0.2, 0.25) is 5.91 Å². The fraction of sp³-hybridized carbons (Fsp3) is 0.533. The second-order valence-corrected chi connectivity index (χ2v) is 5.03. The van der Waals surface area contributed by atoms with Crippen molar-refractivity contribution in [2.45, 2.75) is 13.5 Å². The van der Waals surface area contributed by atoms with Crippen LogP contribution in [0.4, 0.5) is 0 Å². The molecule has 2 rings (SSSR count). The summed E-state index contributed by atoms with van der Waals surface area (Å²) in [5, 5.41) is 6.06. The summed E-state index contributed by atoms with van der Waals surface area (Å²) in [5.74, 6) is 1.03. The lowest BCUT2D eigenvalue weighted by atomic mass is 10.0. The van der Waals surface area contributed by atoms with Crippen molar-refractivity contribution < 1.29 is 14.3 Å². The molecule has 0 aliphatic carbocycles. The minimum absolute atomic E-state index is 0.104. The highest BCUT2D eigenvalue weighted by atomic mass is 16.5. The predicted octanol–water partition coefficient (Wildman–Crippen LogP) is 0.856. The molecule has 1 heterocycles. The Morgan fingerprint density at radius 3 is 2.85 bits per heavy atom. The molecule has 0 saturated carbocycles. The van der Waals surface area contributed by atoms with Crippen LogP contribution in [0.15, 0.2) is 18.2 Å². The Labute approximate surface area is 119 Å². The number of hydrogen-bond acceptors (Lipinski definition) is 4. The van der Waals surface area contributed by atoms with Gasteiger partial charge in [0.05, 0.1) is 12.5 Å². The van der Waals surface area contributed by atoms with E-state index < -0.39 is 0 Å². The predicted molar refractivity (Wildman–Crippen MR) is 76.8 cm³/mol. The van der Waals surface area contributed by atoms with Crippen molar-refractivity contribution in [2.75, 3.05) is 33.4 Å². The van der Waals surface area contributed by atoms with Crippen LogP contribution in [0.1, 0.15) is 11.1 Å². The number of nitrogens with one attached hydrogen (secondary N) is 2. The molecule has 0 aromatic heterocycles. The molecule has 2 N–H and O–H groups in total. The molecular weight excluding hydrogens is 256 g/mol. The highest BCUT2D eigenvalue weighted by molar-refractivity contribution is 5.80. The summed E-state index contributed by atoms with van der Waals surface area (Å²) in [6, 6.07) is 6.01. The molecule has 1 aliphatic rings. The Morgan fingerprint density at radius 1 is 1.40 bits per heavy atom. The summed E-state index contributed by atoms with van der Waals surface area (Å²) in [7, 11) is 1.65. The van der Waals surface area contributed by atoms with Crippen molar-refractivity contribution in [3.05, 3.63) is 29.3 Å². The first kappa shape index (κ1) is 14.8. The Balaban J connectivity index is 1.92. The van der Waals surface area contributed by atoms with Crippen LogP contribution in [0.2, 0.25) is 0 Å². The first-order valence-corrected chi connectivity index (χ1v) is 6.90. The highest BCUT2D eigenvalue weighted by Gasteiger charge is 2.24. The van der Waals surface area contributed by atoms with E-state index in [-0.39, 0.29) is 11.8 Å². The maximum Gasteiger partial charge on any atom is 0.225 e. The molecule has 5 heteroatoms. The molecule has 1 amide bonds. The summed E-state index contributed by atoms with van der Waals surface area (Å²) in [5.41, 5.74) is 2.13. The first-order chi connectivity index (χ1) is 9.70. The van der Waals surface area contributed by atoms with Crippen LogP contribution >= 0.6 is 0 Å². The number of carbonyl (C=O) groups excluding carboxylic acids is 1.